The first kappa shape index (κ1) is 23.7. The predicted octanol–water partition coefficient (Wildman–Crippen LogP) is 4.96. The fraction of sp³-hybridized carbons (Fsp3) is 0.231. The lowest BCUT2D eigenvalue weighted by molar-refractivity contribution is 0.102. The molecule has 0 saturated carbocycles. The summed E-state index contributed by atoms with van der Waals surface area (Å²) in [6, 6.07) is 13.8. The van der Waals surface area contributed by atoms with Gasteiger partial charge in [-0.05, 0) is 69.7 Å². The number of carbonyl (C=O) groups is 1. The Hall–Kier alpha value is -4.40. The van der Waals surface area contributed by atoms with Gasteiger partial charge in [-0.25, -0.2) is 9.67 Å². The molecule has 0 spiro atoms. The van der Waals surface area contributed by atoms with E-state index in [1.54, 1.807) is 60.1 Å². The average molecular weight is 474 g/mol. The standard InChI is InChI=1S/C26H27N5O4/c1-15-16(2)30-31(17(15)3)24-14-25(28-18(4)27-24)35-21-9-7-20(8-10-21)29-26(32)19-11-22(33-5)13-23(12-19)34-6/h7-14H,1-6H3,(H,29,32). The van der Waals surface area contributed by atoms with E-state index in [0.29, 0.717) is 46.0 Å². The first-order valence-electron chi connectivity index (χ1n) is 11.0. The van der Waals surface area contributed by atoms with Crippen molar-refractivity contribution in [1.29, 1.82) is 0 Å². The highest BCUT2D eigenvalue weighted by Crippen LogP contribution is 2.26. The highest BCUT2D eigenvalue weighted by atomic mass is 16.5. The lowest BCUT2D eigenvalue weighted by Crippen LogP contribution is -2.12. The van der Waals surface area contributed by atoms with Crippen molar-refractivity contribution in [2.24, 2.45) is 0 Å². The van der Waals surface area contributed by atoms with Gasteiger partial charge in [-0.2, -0.15) is 10.1 Å². The molecule has 2 aromatic heterocycles. The zero-order valence-corrected chi connectivity index (χ0v) is 20.5. The quantitative estimate of drug-likeness (QED) is 0.405. The second-order valence-corrected chi connectivity index (χ2v) is 8.00. The van der Waals surface area contributed by atoms with E-state index in [4.69, 9.17) is 14.2 Å². The van der Waals surface area contributed by atoms with Crippen molar-refractivity contribution in [2.75, 3.05) is 19.5 Å². The molecule has 1 N–H and O–H groups in total. The number of benzene rings is 2. The number of aromatic nitrogens is 4. The lowest BCUT2D eigenvalue weighted by atomic mass is 10.1. The number of amides is 1. The van der Waals surface area contributed by atoms with Crippen LogP contribution in [0.3, 0.4) is 0 Å². The minimum Gasteiger partial charge on any atom is -0.497 e. The van der Waals surface area contributed by atoms with Crippen LogP contribution >= 0.6 is 0 Å². The molecule has 0 aliphatic rings. The van der Waals surface area contributed by atoms with Gasteiger partial charge in [0.05, 0.1) is 19.9 Å². The van der Waals surface area contributed by atoms with Crippen molar-refractivity contribution in [3.05, 3.63) is 76.9 Å². The second-order valence-electron chi connectivity index (χ2n) is 8.00. The minimum absolute atomic E-state index is 0.285. The maximum absolute atomic E-state index is 12.7. The van der Waals surface area contributed by atoms with Gasteiger partial charge in [-0.3, -0.25) is 4.79 Å². The van der Waals surface area contributed by atoms with Gasteiger partial charge >= 0.3 is 0 Å². The molecule has 0 radical (unpaired) electrons. The highest BCUT2D eigenvalue weighted by molar-refractivity contribution is 6.04. The number of hydrogen-bond acceptors (Lipinski definition) is 7. The average Bonchev–Trinajstić information content (AvgIpc) is 3.11. The summed E-state index contributed by atoms with van der Waals surface area (Å²) in [7, 11) is 3.07. The maximum atomic E-state index is 12.7. The summed E-state index contributed by atoms with van der Waals surface area (Å²) in [5.41, 5.74) is 4.12. The molecule has 35 heavy (non-hydrogen) atoms. The second kappa shape index (κ2) is 9.84. The van der Waals surface area contributed by atoms with Crippen molar-refractivity contribution >= 4 is 11.6 Å². The van der Waals surface area contributed by atoms with Gasteiger partial charge in [0.1, 0.15) is 23.1 Å². The molecule has 2 heterocycles. The molecule has 0 atom stereocenters. The van der Waals surface area contributed by atoms with E-state index in [0.717, 1.165) is 17.0 Å². The molecule has 0 bridgehead atoms. The number of hydrogen-bond donors (Lipinski definition) is 1. The van der Waals surface area contributed by atoms with Gasteiger partial charge in [0.2, 0.25) is 5.88 Å². The Morgan fingerprint density at radius 1 is 0.857 bits per heavy atom. The number of rotatable bonds is 7. The van der Waals surface area contributed by atoms with Crippen molar-refractivity contribution < 1.29 is 19.0 Å². The van der Waals surface area contributed by atoms with Crippen LogP contribution < -0.4 is 19.5 Å². The van der Waals surface area contributed by atoms with Crippen LogP contribution in [0.5, 0.6) is 23.1 Å². The number of anilines is 1. The Bertz CT molecular complexity index is 1360. The molecule has 0 unspecified atom stereocenters. The molecule has 0 aliphatic carbocycles. The Kier molecular flexibility index (Phi) is 6.68. The summed E-state index contributed by atoms with van der Waals surface area (Å²) >= 11 is 0. The van der Waals surface area contributed by atoms with Crippen LogP contribution in [0.15, 0.2) is 48.5 Å². The Labute approximate surface area is 203 Å². The van der Waals surface area contributed by atoms with Gasteiger partial charge in [-0.1, -0.05) is 0 Å². The van der Waals surface area contributed by atoms with Gasteiger partial charge in [-0.15, -0.1) is 0 Å². The van der Waals surface area contributed by atoms with E-state index >= 15 is 0 Å². The minimum atomic E-state index is -0.285. The zero-order chi connectivity index (χ0) is 25.1. The van der Waals surface area contributed by atoms with Crippen molar-refractivity contribution in [3.8, 4) is 28.9 Å². The Balaban J connectivity index is 1.50. The largest absolute Gasteiger partial charge is 0.497 e. The van der Waals surface area contributed by atoms with E-state index in [9.17, 15) is 4.79 Å². The normalized spacial score (nSPS) is 10.7. The van der Waals surface area contributed by atoms with E-state index in [2.05, 4.69) is 20.4 Å². The van der Waals surface area contributed by atoms with Crippen molar-refractivity contribution in [1.82, 2.24) is 19.7 Å². The van der Waals surface area contributed by atoms with Crippen LogP contribution in [0.25, 0.3) is 5.82 Å². The molecule has 2 aromatic carbocycles. The van der Waals surface area contributed by atoms with Crippen LogP contribution in [-0.4, -0.2) is 39.9 Å². The molecule has 4 aromatic rings. The highest BCUT2D eigenvalue weighted by Gasteiger charge is 2.14. The summed E-state index contributed by atoms with van der Waals surface area (Å²) in [4.78, 5) is 21.6. The molecule has 4 rings (SSSR count). The van der Waals surface area contributed by atoms with Gasteiger partial charge in [0.15, 0.2) is 5.82 Å². The SMILES string of the molecule is COc1cc(OC)cc(C(=O)Nc2ccc(Oc3cc(-n4nc(C)c(C)c4C)nc(C)n3)cc2)c1. The first-order valence-corrected chi connectivity index (χ1v) is 11.0. The number of aryl methyl sites for hydroxylation is 2. The molecule has 0 aliphatic heterocycles. The Morgan fingerprint density at radius 3 is 2.09 bits per heavy atom. The molecule has 9 nitrogen and oxygen atoms in total. The monoisotopic (exact) mass is 473 g/mol. The van der Waals surface area contributed by atoms with E-state index < -0.39 is 0 Å². The van der Waals surface area contributed by atoms with Crippen molar-refractivity contribution in [3.63, 3.8) is 0 Å². The van der Waals surface area contributed by atoms with Crippen LogP contribution in [0.1, 0.15) is 33.1 Å². The number of methoxy groups -OCH3 is 2. The molecule has 0 saturated heterocycles. The van der Waals surface area contributed by atoms with Crippen LogP contribution in [0.2, 0.25) is 0 Å². The summed E-state index contributed by atoms with van der Waals surface area (Å²) in [5, 5.41) is 7.43. The number of carbonyl (C=O) groups excluding carboxylic acids is 1. The third-order valence-electron chi connectivity index (χ3n) is 5.62. The fourth-order valence-electron chi connectivity index (χ4n) is 3.50. The van der Waals surface area contributed by atoms with Crippen LogP contribution in [0.4, 0.5) is 5.69 Å². The fourth-order valence-corrected chi connectivity index (χ4v) is 3.50. The maximum Gasteiger partial charge on any atom is 0.255 e. The van der Waals surface area contributed by atoms with Gasteiger partial charge in [0.25, 0.3) is 5.91 Å². The first-order chi connectivity index (χ1) is 16.8. The summed E-state index contributed by atoms with van der Waals surface area (Å²) < 4.78 is 18.2. The third-order valence-corrected chi connectivity index (χ3v) is 5.62. The molecule has 1 amide bonds. The summed E-state index contributed by atoms with van der Waals surface area (Å²) in [6.07, 6.45) is 0. The molecule has 0 fully saturated rings. The van der Waals surface area contributed by atoms with Crippen LogP contribution in [0, 0.1) is 27.7 Å². The molecular weight excluding hydrogens is 446 g/mol. The van der Waals surface area contributed by atoms with Crippen LogP contribution in [-0.2, 0) is 0 Å². The van der Waals surface area contributed by atoms with E-state index in [1.165, 1.54) is 14.2 Å². The smallest absolute Gasteiger partial charge is 0.255 e. The number of nitrogens with zero attached hydrogens (tertiary/aromatic N) is 4. The predicted molar refractivity (Wildman–Crippen MR) is 132 cm³/mol. The van der Waals surface area contributed by atoms with Gasteiger partial charge in [0, 0.05) is 29.1 Å². The number of nitrogens with one attached hydrogen (secondary N) is 1. The summed E-state index contributed by atoms with van der Waals surface area (Å²) in [5.74, 6) is 2.96. The molecule has 180 valence electrons. The molecular formula is C26H27N5O4. The third kappa shape index (κ3) is 5.24. The lowest BCUT2D eigenvalue weighted by Gasteiger charge is -2.11. The number of ether oxygens (including phenoxy) is 3. The topological polar surface area (TPSA) is 100 Å². The summed E-state index contributed by atoms with van der Waals surface area (Å²) in [6.45, 7) is 7.81. The van der Waals surface area contributed by atoms with E-state index in [1.807, 2.05) is 20.8 Å². The zero-order valence-electron chi connectivity index (χ0n) is 20.5. The Morgan fingerprint density at radius 2 is 1.51 bits per heavy atom. The van der Waals surface area contributed by atoms with Gasteiger partial charge < -0.3 is 19.5 Å². The molecule has 9 heteroatoms. The van der Waals surface area contributed by atoms with Crippen molar-refractivity contribution in [2.45, 2.75) is 27.7 Å². The van der Waals surface area contributed by atoms with E-state index in [-0.39, 0.29) is 5.91 Å².